The summed E-state index contributed by atoms with van der Waals surface area (Å²) in [6, 6.07) is 8.92. The molecular formula is C31H30F3N5O6. The maximum absolute atomic E-state index is 14.4. The number of hydrogen-bond acceptors (Lipinski definition) is 6. The molecule has 1 unspecified atom stereocenters. The molecule has 4 rings (SSSR count). The number of methoxy groups -OCH3 is 1. The number of benzene rings is 2. The van der Waals surface area contributed by atoms with Crippen LogP contribution in [0, 0.1) is 17.5 Å². The third kappa shape index (κ3) is 8.53. The Morgan fingerprint density at radius 2 is 1.87 bits per heavy atom. The van der Waals surface area contributed by atoms with Gasteiger partial charge < -0.3 is 35.0 Å². The molecule has 45 heavy (non-hydrogen) atoms. The van der Waals surface area contributed by atoms with Crippen molar-refractivity contribution in [3.8, 4) is 5.75 Å². The smallest absolute Gasteiger partial charge is 0.407 e. The molecule has 2 aromatic carbocycles. The number of likely N-dealkylation sites (N-methyl/N-ethyl adjacent to an activating group) is 1. The molecule has 11 nitrogen and oxygen atoms in total. The van der Waals surface area contributed by atoms with Crippen LogP contribution in [-0.4, -0.2) is 47.7 Å². The van der Waals surface area contributed by atoms with Crippen molar-refractivity contribution in [1.82, 2.24) is 20.2 Å². The van der Waals surface area contributed by atoms with Crippen LogP contribution in [0.3, 0.4) is 0 Å². The fraction of sp³-hybridized carbons (Fsp3) is 0.226. The molecule has 4 aromatic rings. The third-order valence-electron chi connectivity index (χ3n) is 6.66. The van der Waals surface area contributed by atoms with E-state index in [1.807, 2.05) is 0 Å². The van der Waals surface area contributed by atoms with E-state index in [2.05, 4.69) is 25.7 Å². The van der Waals surface area contributed by atoms with E-state index in [1.165, 1.54) is 48.2 Å². The van der Waals surface area contributed by atoms with Gasteiger partial charge in [-0.2, -0.15) is 0 Å². The second-order valence-corrected chi connectivity index (χ2v) is 9.81. The highest BCUT2D eigenvalue weighted by molar-refractivity contribution is 5.96. The van der Waals surface area contributed by atoms with Crippen molar-refractivity contribution in [2.24, 2.45) is 0 Å². The molecule has 0 spiro atoms. The van der Waals surface area contributed by atoms with Crippen LogP contribution in [0.2, 0.25) is 0 Å². The predicted octanol–water partition coefficient (Wildman–Crippen LogP) is 4.12. The van der Waals surface area contributed by atoms with Gasteiger partial charge in [0.25, 0.3) is 5.56 Å². The predicted molar refractivity (Wildman–Crippen MR) is 159 cm³/mol. The third-order valence-corrected chi connectivity index (χ3v) is 6.66. The monoisotopic (exact) mass is 625 g/mol. The van der Waals surface area contributed by atoms with E-state index in [9.17, 15) is 32.3 Å². The van der Waals surface area contributed by atoms with E-state index in [-0.39, 0.29) is 48.9 Å². The fourth-order valence-corrected chi connectivity index (χ4v) is 4.39. The highest BCUT2D eigenvalue weighted by Crippen LogP contribution is 2.29. The molecule has 0 aliphatic rings. The van der Waals surface area contributed by atoms with Gasteiger partial charge in [0.1, 0.15) is 41.5 Å². The van der Waals surface area contributed by atoms with Gasteiger partial charge >= 0.3 is 6.09 Å². The van der Waals surface area contributed by atoms with Gasteiger partial charge in [-0.1, -0.05) is 6.08 Å². The van der Waals surface area contributed by atoms with Gasteiger partial charge in [0.15, 0.2) is 0 Å². The number of pyridine rings is 1. The van der Waals surface area contributed by atoms with Crippen molar-refractivity contribution in [2.75, 3.05) is 19.5 Å². The number of rotatable bonds is 12. The zero-order chi connectivity index (χ0) is 32.5. The molecule has 236 valence electrons. The Labute approximate surface area is 255 Å². The van der Waals surface area contributed by atoms with Gasteiger partial charge in [0.2, 0.25) is 11.8 Å². The van der Waals surface area contributed by atoms with E-state index in [1.54, 1.807) is 12.1 Å². The Balaban J connectivity index is 1.50. The molecule has 14 heteroatoms. The lowest BCUT2D eigenvalue weighted by Crippen LogP contribution is -2.44. The van der Waals surface area contributed by atoms with E-state index in [4.69, 9.17) is 4.74 Å². The van der Waals surface area contributed by atoms with E-state index in [0.29, 0.717) is 16.6 Å². The van der Waals surface area contributed by atoms with Crippen molar-refractivity contribution in [3.05, 3.63) is 106 Å². The van der Waals surface area contributed by atoms with E-state index >= 15 is 0 Å². The first kappa shape index (κ1) is 32.4. The summed E-state index contributed by atoms with van der Waals surface area (Å²) in [4.78, 5) is 52.6. The Kier molecular flexibility index (Phi) is 10.6. The lowest BCUT2D eigenvalue weighted by Gasteiger charge is -2.17. The molecule has 0 bridgehead atoms. The molecule has 4 N–H and O–H groups in total. The van der Waals surface area contributed by atoms with Gasteiger partial charge in [0, 0.05) is 42.0 Å². The largest absolute Gasteiger partial charge is 0.486 e. The van der Waals surface area contributed by atoms with Crippen molar-refractivity contribution in [3.63, 3.8) is 0 Å². The molecule has 2 aromatic heterocycles. The molecule has 3 amide bonds. The van der Waals surface area contributed by atoms with Crippen molar-refractivity contribution in [1.29, 1.82) is 0 Å². The highest BCUT2D eigenvalue weighted by atomic mass is 19.1. The first-order chi connectivity index (χ1) is 21.6. The number of alkyl carbamates (subject to hydrolysis) is 1. The normalized spacial score (nSPS) is 11.8. The summed E-state index contributed by atoms with van der Waals surface area (Å²) in [5, 5.41) is 7.80. The minimum atomic E-state index is -1.08. The lowest BCUT2D eigenvalue weighted by molar-refractivity contribution is -0.118. The highest BCUT2D eigenvalue weighted by Gasteiger charge is 2.22. The average molecular weight is 626 g/mol. The van der Waals surface area contributed by atoms with Crippen LogP contribution in [-0.2, 0) is 27.5 Å². The molecule has 0 fully saturated rings. The Bertz CT molecular complexity index is 1800. The number of aromatic amines is 1. The number of ether oxygens (including phenoxy) is 2. The number of hydrogen-bond donors (Lipinski definition) is 4. The van der Waals surface area contributed by atoms with Gasteiger partial charge in [0.05, 0.1) is 19.2 Å². The first-order valence-electron chi connectivity index (χ1n) is 13.7. The maximum Gasteiger partial charge on any atom is 0.407 e. The van der Waals surface area contributed by atoms with Gasteiger partial charge in [-0.25, -0.2) is 18.0 Å². The standard InChI is InChI=1S/C31H30F3N5O6/c1-35-27(40)8-4-3-6-24(38-31(43)44-2)29(41)37-25-7-5-11-39(30(25)42)16-22-13-19-12-21(33)15-26(28(19)36-22)45-17-18-9-10-20(32)14-23(18)34/h4-5,7-15,24,36H,3,6,16-17H2,1-2H3,(H,35,40)(H,37,41)(H,38,43). The number of carbonyl (C=O) groups excluding carboxylic acids is 3. The number of aromatic nitrogens is 2. The maximum atomic E-state index is 14.4. The molecule has 1 atom stereocenters. The number of nitrogens with one attached hydrogen (secondary N) is 4. The number of H-pyrrole nitrogens is 1. The molecular weight excluding hydrogens is 595 g/mol. The summed E-state index contributed by atoms with van der Waals surface area (Å²) in [6.45, 7) is -0.282. The Morgan fingerprint density at radius 1 is 1.07 bits per heavy atom. The number of amides is 3. The molecule has 0 aliphatic carbocycles. The van der Waals surface area contributed by atoms with Gasteiger partial charge in [-0.3, -0.25) is 14.4 Å². The van der Waals surface area contributed by atoms with Gasteiger partial charge in [-0.15, -0.1) is 0 Å². The number of anilines is 1. The second kappa shape index (κ2) is 14.8. The number of halogens is 3. The number of carbonyl (C=O) groups is 3. The zero-order valence-electron chi connectivity index (χ0n) is 24.3. The second-order valence-electron chi connectivity index (χ2n) is 9.81. The summed E-state index contributed by atoms with van der Waals surface area (Å²) < 4.78 is 53.2. The topological polar surface area (TPSA) is 144 Å². The SMILES string of the molecule is CNC(=O)C=CCCC(NC(=O)OC)C(=O)Nc1cccn(Cc2cc3cc(F)cc(OCc4ccc(F)cc4F)c3[nH]2)c1=O. The lowest BCUT2D eigenvalue weighted by atomic mass is 10.1. The van der Waals surface area contributed by atoms with Crippen LogP contribution in [0.15, 0.2) is 71.7 Å². The summed E-state index contributed by atoms with van der Waals surface area (Å²) in [6.07, 6.45) is 3.85. The Morgan fingerprint density at radius 3 is 2.60 bits per heavy atom. The van der Waals surface area contributed by atoms with Crippen LogP contribution >= 0.6 is 0 Å². The summed E-state index contributed by atoms with van der Waals surface area (Å²) in [5.41, 5.74) is 0.346. The quantitative estimate of drug-likeness (QED) is 0.175. The molecule has 0 saturated carbocycles. The van der Waals surface area contributed by atoms with Crippen LogP contribution in [0.25, 0.3) is 10.9 Å². The molecule has 0 saturated heterocycles. The number of allylic oxidation sites excluding steroid dienone is 1. The molecule has 0 aliphatic heterocycles. The van der Waals surface area contributed by atoms with Crippen LogP contribution in [0.4, 0.5) is 23.7 Å². The van der Waals surface area contributed by atoms with Crippen molar-refractivity contribution >= 4 is 34.5 Å². The van der Waals surface area contributed by atoms with E-state index in [0.717, 1.165) is 25.3 Å². The van der Waals surface area contributed by atoms with Crippen molar-refractivity contribution < 1.29 is 37.0 Å². The van der Waals surface area contributed by atoms with Crippen LogP contribution in [0.1, 0.15) is 24.1 Å². The van der Waals surface area contributed by atoms with Crippen LogP contribution in [0.5, 0.6) is 5.75 Å². The van der Waals surface area contributed by atoms with Crippen molar-refractivity contribution in [2.45, 2.75) is 32.0 Å². The van der Waals surface area contributed by atoms with E-state index < -0.39 is 41.1 Å². The molecule has 0 radical (unpaired) electrons. The average Bonchev–Trinajstić information content (AvgIpc) is 3.41. The first-order valence-corrected chi connectivity index (χ1v) is 13.7. The summed E-state index contributed by atoms with van der Waals surface area (Å²) >= 11 is 0. The molecule has 2 heterocycles. The number of nitrogens with zero attached hydrogens (tertiary/aromatic N) is 1. The minimum absolute atomic E-state index is 0.000992. The minimum Gasteiger partial charge on any atom is -0.486 e. The Hall–Kier alpha value is -5.53. The fourth-order valence-electron chi connectivity index (χ4n) is 4.39. The van der Waals surface area contributed by atoms with Gasteiger partial charge in [-0.05, 0) is 55.3 Å². The number of fused-ring (bicyclic) bond motifs is 1. The summed E-state index contributed by atoms with van der Waals surface area (Å²) in [7, 11) is 2.61. The summed E-state index contributed by atoms with van der Waals surface area (Å²) in [5.74, 6) is -3.06. The van der Waals surface area contributed by atoms with Crippen LogP contribution < -0.4 is 26.2 Å². The zero-order valence-corrected chi connectivity index (χ0v) is 24.3.